The van der Waals surface area contributed by atoms with Gasteiger partial charge < -0.3 is 9.75 Å². The molecular formula is C16H16ClFN2O. The van der Waals surface area contributed by atoms with E-state index in [0.717, 1.165) is 5.56 Å². The van der Waals surface area contributed by atoms with Gasteiger partial charge in [-0.05, 0) is 42.0 Å². The molecule has 0 amide bonds. The average Bonchev–Trinajstić information content (AvgIpc) is 2.46. The Labute approximate surface area is 128 Å². The Morgan fingerprint density at radius 3 is 2.52 bits per heavy atom. The minimum atomic E-state index is -0.364. The number of hydrogen-bond acceptors (Lipinski definition) is 3. The number of nitrogens with zero attached hydrogens (tertiary/aromatic N) is 2. The van der Waals surface area contributed by atoms with Crippen molar-refractivity contribution in [3.8, 4) is 5.75 Å². The van der Waals surface area contributed by atoms with Crippen LogP contribution in [-0.2, 0) is 6.61 Å². The molecule has 0 aliphatic carbocycles. The SMILES string of the molecule is CN(C)/N=C/c1ccc(OCc2c(F)cccc2Cl)cc1. The Morgan fingerprint density at radius 1 is 1.19 bits per heavy atom. The Balaban J connectivity index is 2.01. The van der Waals surface area contributed by atoms with Crippen LogP contribution in [-0.4, -0.2) is 25.3 Å². The van der Waals surface area contributed by atoms with Crippen LogP contribution in [0.25, 0.3) is 0 Å². The summed E-state index contributed by atoms with van der Waals surface area (Å²) in [6.45, 7) is 0.0939. The highest BCUT2D eigenvalue weighted by atomic mass is 35.5. The summed E-state index contributed by atoms with van der Waals surface area (Å²) in [5.41, 5.74) is 1.32. The van der Waals surface area contributed by atoms with Crippen molar-refractivity contribution in [2.24, 2.45) is 5.10 Å². The molecule has 0 aliphatic heterocycles. The van der Waals surface area contributed by atoms with E-state index < -0.39 is 0 Å². The van der Waals surface area contributed by atoms with Crippen LogP contribution in [0.3, 0.4) is 0 Å². The molecule has 0 aromatic heterocycles. The van der Waals surface area contributed by atoms with Crippen molar-refractivity contribution in [1.29, 1.82) is 0 Å². The molecule has 110 valence electrons. The summed E-state index contributed by atoms with van der Waals surface area (Å²) in [6, 6.07) is 12.0. The number of ether oxygens (including phenoxy) is 1. The Kier molecular flexibility index (Phi) is 5.17. The monoisotopic (exact) mass is 306 g/mol. The van der Waals surface area contributed by atoms with Gasteiger partial charge in [0.2, 0.25) is 0 Å². The van der Waals surface area contributed by atoms with Crippen molar-refractivity contribution in [1.82, 2.24) is 5.01 Å². The lowest BCUT2D eigenvalue weighted by atomic mass is 10.2. The van der Waals surface area contributed by atoms with Gasteiger partial charge in [0.05, 0.1) is 11.2 Å². The summed E-state index contributed by atoms with van der Waals surface area (Å²) < 4.78 is 19.2. The molecule has 0 aliphatic rings. The van der Waals surface area contributed by atoms with E-state index in [4.69, 9.17) is 16.3 Å². The van der Waals surface area contributed by atoms with Crippen LogP contribution in [0.1, 0.15) is 11.1 Å². The van der Waals surface area contributed by atoms with Crippen LogP contribution in [0.5, 0.6) is 5.75 Å². The molecule has 0 N–H and O–H groups in total. The zero-order valence-electron chi connectivity index (χ0n) is 11.9. The van der Waals surface area contributed by atoms with Gasteiger partial charge in [0.25, 0.3) is 0 Å². The molecule has 0 bridgehead atoms. The molecule has 2 aromatic rings. The average molecular weight is 307 g/mol. The molecule has 0 saturated carbocycles. The molecule has 21 heavy (non-hydrogen) atoms. The van der Waals surface area contributed by atoms with E-state index in [-0.39, 0.29) is 12.4 Å². The quantitative estimate of drug-likeness (QED) is 0.617. The van der Waals surface area contributed by atoms with Crippen molar-refractivity contribution in [3.05, 3.63) is 64.4 Å². The lowest BCUT2D eigenvalue weighted by Crippen LogP contribution is -2.02. The summed E-state index contributed by atoms with van der Waals surface area (Å²) in [4.78, 5) is 0. The molecule has 0 spiro atoms. The van der Waals surface area contributed by atoms with E-state index in [1.807, 2.05) is 38.4 Å². The minimum absolute atomic E-state index is 0.0939. The number of hydrogen-bond donors (Lipinski definition) is 0. The molecule has 2 rings (SSSR count). The van der Waals surface area contributed by atoms with Gasteiger partial charge in [-0.25, -0.2) is 4.39 Å². The second-order valence-electron chi connectivity index (χ2n) is 4.65. The summed E-state index contributed by atoms with van der Waals surface area (Å²) in [6.07, 6.45) is 1.75. The highest BCUT2D eigenvalue weighted by molar-refractivity contribution is 6.31. The van der Waals surface area contributed by atoms with Crippen LogP contribution < -0.4 is 4.74 Å². The van der Waals surface area contributed by atoms with Gasteiger partial charge >= 0.3 is 0 Å². The van der Waals surface area contributed by atoms with Crippen molar-refractivity contribution in [2.45, 2.75) is 6.61 Å². The molecule has 0 saturated heterocycles. The maximum absolute atomic E-state index is 13.6. The summed E-state index contributed by atoms with van der Waals surface area (Å²) in [5, 5.41) is 6.22. The third-order valence-electron chi connectivity index (χ3n) is 2.76. The smallest absolute Gasteiger partial charge is 0.131 e. The molecular weight excluding hydrogens is 291 g/mol. The van der Waals surface area contributed by atoms with E-state index >= 15 is 0 Å². The lowest BCUT2D eigenvalue weighted by Gasteiger charge is -2.09. The summed E-state index contributed by atoms with van der Waals surface area (Å²) in [5.74, 6) is 0.286. The van der Waals surface area contributed by atoms with Crippen LogP contribution >= 0.6 is 11.6 Å². The lowest BCUT2D eigenvalue weighted by molar-refractivity contribution is 0.300. The van der Waals surface area contributed by atoms with E-state index in [2.05, 4.69) is 5.10 Å². The van der Waals surface area contributed by atoms with Crippen molar-refractivity contribution in [2.75, 3.05) is 14.1 Å². The fourth-order valence-electron chi connectivity index (χ4n) is 1.66. The normalized spacial score (nSPS) is 10.9. The van der Waals surface area contributed by atoms with Crippen molar-refractivity contribution in [3.63, 3.8) is 0 Å². The van der Waals surface area contributed by atoms with Gasteiger partial charge in [-0.2, -0.15) is 5.10 Å². The van der Waals surface area contributed by atoms with E-state index in [1.54, 1.807) is 23.4 Å². The third-order valence-corrected chi connectivity index (χ3v) is 3.12. The fourth-order valence-corrected chi connectivity index (χ4v) is 1.88. The maximum Gasteiger partial charge on any atom is 0.131 e. The number of hydrazone groups is 1. The highest BCUT2D eigenvalue weighted by Crippen LogP contribution is 2.21. The summed E-state index contributed by atoms with van der Waals surface area (Å²) >= 11 is 5.95. The molecule has 0 heterocycles. The predicted octanol–water partition coefficient (Wildman–Crippen LogP) is 3.95. The molecule has 5 heteroatoms. The van der Waals surface area contributed by atoms with Crippen LogP contribution in [0, 0.1) is 5.82 Å². The second kappa shape index (κ2) is 7.09. The second-order valence-corrected chi connectivity index (χ2v) is 5.06. The fraction of sp³-hybridized carbons (Fsp3) is 0.188. The first kappa shape index (κ1) is 15.3. The van der Waals surface area contributed by atoms with Gasteiger partial charge in [0.1, 0.15) is 18.2 Å². The van der Waals surface area contributed by atoms with Gasteiger partial charge in [-0.15, -0.1) is 0 Å². The van der Waals surface area contributed by atoms with Gasteiger partial charge in [0.15, 0.2) is 0 Å². The molecule has 0 fully saturated rings. The van der Waals surface area contributed by atoms with Crippen LogP contribution in [0.2, 0.25) is 5.02 Å². The van der Waals surface area contributed by atoms with Crippen LogP contribution in [0.15, 0.2) is 47.6 Å². The van der Waals surface area contributed by atoms with Gasteiger partial charge in [-0.1, -0.05) is 17.7 Å². The zero-order chi connectivity index (χ0) is 15.2. The number of rotatable bonds is 5. The molecule has 0 unspecified atom stereocenters. The standard InChI is InChI=1S/C16H16ClFN2O/c1-20(2)19-10-12-6-8-13(9-7-12)21-11-14-15(17)4-3-5-16(14)18/h3-10H,11H2,1-2H3/b19-10+. The molecule has 3 nitrogen and oxygen atoms in total. The minimum Gasteiger partial charge on any atom is -0.489 e. The largest absolute Gasteiger partial charge is 0.489 e. The molecule has 0 radical (unpaired) electrons. The Bertz CT molecular complexity index is 606. The maximum atomic E-state index is 13.6. The topological polar surface area (TPSA) is 24.8 Å². The Morgan fingerprint density at radius 2 is 1.90 bits per heavy atom. The first-order valence-electron chi connectivity index (χ1n) is 6.43. The predicted molar refractivity (Wildman–Crippen MR) is 83.5 cm³/mol. The van der Waals surface area contributed by atoms with E-state index in [9.17, 15) is 4.39 Å². The Hall–Kier alpha value is -2.07. The van der Waals surface area contributed by atoms with Gasteiger partial charge in [0, 0.05) is 19.7 Å². The van der Waals surface area contributed by atoms with Gasteiger partial charge in [-0.3, -0.25) is 0 Å². The molecule has 0 atom stereocenters. The first-order chi connectivity index (χ1) is 10.1. The third kappa shape index (κ3) is 4.46. The summed E-state index contributed by atoms with van der Waals surface area (Å²) in [7, 11) is 3.71. The highest BCUT2D eigenvalue weighted by Gasteiger charge is 2.07. The van der Waals surface area contributed by atoms with Crippen molar-refractivity contribution < 1.29 is 9.13 Å². The number of benzene rings is 2. The zero-order valence-corrected chi connectivity index (χ0v) is 12.6. The van der Waals surface area contributed by atoms with E-state index in [1.165, 1.54) is 6.07 Å². The van der Waals surface area contributed by atoms with E-state index in [0.29, 0.717) is 16.3 Å². The first-order valence-corrected chi connectivity index (χ1v) is 6.81. The van der Waals surface area contributed by atoms with Crippen molar-refractivity contribution >= 4 is 17.8 Å². The molecule has 2 aromatic carbocycles. The number of halogens is 2. The van der Waals surface area contributed by atoms with Crippen LogP contribution in [0.4, 0.5) is 4.39 Å².